The van der Waals surface area contributed by atoms with Gasteiger partial charge in [0.15, 0.2) is 5.69 Å². The van der Waals surface area contributed by atoms with Crippen molar-refractivity contribution in [1.82, 2.24) is 25.5 Å². The highest BCUT2D eigenvalue weighted by Gasteiger charge is 2.23. The lowest BCUT2D eigenvalue weighted by atomic mass is 10.1. The predicted octanol–water partition coefficient (Wildman–Crippen LogP) is 1.79. The Morgan fingerprint density at radius 1 is 1.22 bits per heavy atom. The molecule has 0 bridgehead atoms. The minimum atomic E-state index is -0.322. The molecule has 1 fully saturated rings. The quantitative estimate of drug-likeness (QED) is 0.705. The van der Waals surface area contributed by atoms with Crippen LogP contribution in [0.5, 0.6) is 0 Å². The highest BCUT2D eigenvalue weighted by molar-refractivity contribution is 5.58. The monoisotopic (exact) mass is 366 g/mol. The Morgan fingerprint density at radius 3 is 2.70 bits per heavy atom. The molecule has 1 aromatic carbocycles. The van der Waals surface area contributed by atoms with Gasteiger partial charge in [-0.2, -0.15) is 0 Å². The lowest BCUT2D eigenvalue weighted by Crippen LogP contribution is -2.22. The smallest absolute Gasteiger partial charge is 0.268 e. The van der Waals surface area contributed by atoms with Gasteiger partial charge in [0.25, 0.3) is 5.89 Å². The van der Waals surface area contributed by atoms with Gasteiger partial charge < -0.3 is 19.7 Å². The van der Waals surface area contributed by atoms with Gasteiger partial charge in [-0.3, -0.25) is 4.98 Å². The van der Waals surface area contributed by atoms with E-state index in [1.54, 1.807) is 6.20 Å². The Bertz CT molecular complexity index is 924. The van der Waals surface area contributed by atoms with Gasteiger partial charge in [0.05, 0.1) is 18.0 Å². The third kappa shape index (κ3) is 3.67. The fraction of sp³-hybridized carbons (Fsp3) is 0.368. The van der Waals surface area contributed by atoms with Crippen molar-refractivity contribution in [3.05, 3.63) is 41.7 Å². The normalized spacial score (nSPS) is 16.9. The van der Waals surface area contributed by atoms with Crippen molar-refractivity contribution >= 4 is 5.82 Å². The van der Waals surface area contributed by atoms with Gasteiger partial charge in [0.2, 0.25) is 5.89 Å². The second-order valence-corrected chi connectivity index (χ2v) is 6.69. The Hall–Kier alpha value is -2.84. The summed E-state index contributed by atoms with van der Waals surface area (Å²) in [5.41, 5.74) is 3.33. The molecule has 0 amide bonds. The van der Waals surface area contributed by atoms with E-state index in [9.17, 15) is 5.11 Å². The number of benzene rings is 1. The molecule has 3 heterocycles. The molecule has 2 aromatic heterocycles. The van der Waals surface area contributed by atoms with Crippen LogP contribution in [0.1, 0.15) is 17.7 Å². The van der Waals surface area contributed by atoms with E-state index in [4.69, 9.17) is 4.42 Å². The lowest BCUT2D eigenvalue weighted by molar-refractivity contribution is 0.198. The molecule has 0 spiro atoms. The van der Waals surface area contributed by atoms with Crippen LogP contribution in [0.15, 0.2) is 34.9 Å². The van der Waals surface area contributed by atoms with Gasteiger partial charge >= 0.3 is 0 Å². The molecule has 0 radical (unpaired) electrons. The van der Waals surface area contributed by atoms with Crippen molar-refractivity contribution in [3.8, 4) is 23.0 Å². The summed E-state index contributed by atoms with van der Waals surface area (Å²) in [6, 6.07) is 7.98. The minimum Gasteiger partial charge on any atom is -0.415 e. The maximum atomic E-state index is 9.75. The van der Waals surface area contributed by atoms with Crippen LogP contribution in [-0.4, -0.2) is 51.5 Å². The molecule has 0 aliphatic carbocycles. The van der Waals surface area contributed by atoms with Gasteiger partial charge in [0.1, 0.15) is 5.82 Å². The predicted molar refractivity (Wildman–Crippen MR) is 101 cm³/mol. The number of aliphatic hydroxyl groups is 1. The van der Waals surface area contributed by atoms with Crippen molar-refractivity contribution < 1.29 is 9.52 Å². The van der Waals surface area contributed by atoms with Gasteiger partial charge in [0, 0.05) is 25.2 Å². The summed E-state index contributed by atoms with van der Waals surface area (Å²) < 4.78 is 5.87. The number of nitrogens with zero attached hydrogens (tertiary/aromatic N) is 5. The zero-order valence-corrected chi connectivity index (χ0v) is 15.4. The number of rotatable bonds is 5. The third-order valence-corrected chi connectivity index (χ3v) is 4.64. The third-order valence-electron chi connectivity index (χ3n) is 4.64. The average Bonchev–Trinajstić information content (AvgIpc) is 3.33. The summed E-state index contributed by atoms with van der Waals surface area (Å²) in [5, 5.41) is 21.2. The van der Waals surface area contributed by atoms with E-state index in [-0.39, 0.29) is 6.10 Å². The van der Waals surface area contributed by atoms with Crippen LogP contribution in [0.3, 0.4) is 0 Å². The van der Waals surface area contributed by atoms with E-state index >= 15 is 0 Å². The van der Waals surface area contributed by atoms with E-state index in [1.807, 2.05) is 43.1 Å². The number of aryl methyl sites for hydroxylation is 1. The first-order chi connectivity index (χ1) is 13.1. The molecule has 2 N–H and O–H groups in total. The lowest BCUT2D eigenvalue weighted by Gasteiger charge is -2.16. The zero-order chi connectivity index (χ0) is 18.8. The second-order valence-electron chi connectivity index (χ2n) is 6.69. The largest absolute Gasteiger partial charge is 0.415 e. The first-order valence-corrected chi connectivity index (χ1v) is 8.98. The highest BCUT2D eigenvalue weighted by atomic mass is 16.4. The fourth-order valence-corrected chi connectivity index (χ4v) is 3.15. The molecular weight excluding hydrogens is 344 g/mol. The van der Waals surface area contributed by atoms with E-state index in [1.165, 1.54) is 5.56 Å². The highest BCUT2D eigenvalue weighted by Crippen LogP contribution is 2.27. The van der Waals surface area contributed by atoms with Gasteiger partial charge in [-0.1, -0.05) is 12.1 Å². The number of aliphatic hydroxyl groups excluding tert-OH is 1. The van der Waals surface area contributed by atoms with Crippen molar-refractivity contribution in [3.63, 3.8) is 0 Å². The van der Waals surface area contributed by atoms with Crippen LogP contribution >= 0.6 is 0 Å². The van der Waals surface area contributed by atoms with Crippen molar-refractivity contribution in [2.24, 2.45) is 0 Å². The summed E-state index contributed by atoms with van der Waals surface area (Å²) in [5.74, 6) is 1.50. The van der Waals surface area contributed by atoms with Crippen LogP contribution in [0.2, 0.25) is 0 Å². The van der Waals surface area contributed by atoms with Crippen LogP contribution in [0.4, 0.5) is 5.82 Å². The maximum absolute atomic E-state index is 9.75. The molecule has 27 heavy (non-hydrogen) atoms. The maximum Gasteiger partial charge on any atom is 0.268 e. The minimum absolute atomic E-state index is 0.322. The topological polar surface area (TPSA) is 100 Å². The molecule has 0 unspecified atom stereocenters. The van der Waals surface area contributed by atoms with E-state index in [0.29, 0.717) is 29.8 Å². The summed E-state index contributed by atoms with van der Waals surface area (Å²) in [6.07, 6.45) is 2.13. The molecule has 1 aliphatic heterocycles. The molecule has 4 rings (SSSR count). The van der Waals surface area contributed by atoms with Gasteiger partial charge in [-0.05, 0) is 38.1 Å². The zero-order valence-electron chi connectivity index (χ0n) is 15.4. The molecule has 1 saturated heterocycles. The summed E-state index contributed by atoms with van der Waals surface area (Å²) >= 11 is 0. The standard InChI is InChI=1S/C19H22N6O2/c1-12-17(22-16(10-21-12)25-8-7-15(26)11-25)19-24-23-18(27-19)14-5-3-13(4-6-14)9-20-2/h3-6,10,15,20,26H,7-9,11H2,1-2H3/t15-/m0/s1. The number of β-amino-alcohol motifs (C(OH)–C–C–N with tert-alkyl or cyclic N) is 1. The fourth-order valence-electron chi connectivity index (χ4n) is 3.15. The first kappa shape index (κ1) is 17.6. The Balaban J connectivity index is 1.61. The average molecular weight is 366 g/mol. The van der Waals surface area contributed by atoms with E-state index < -0.39 is 0 Å². The number of aromatic nitrogens is 4. The van der Waals surface area contributed by atoms with Crippen molar-refractivity contribution in [2.45, 2.75) is 26.0 Å². The van der Waals surface area contributed by atoms with Crippen LogP contribution in [-0.2, 0) is 6.54 Å². The molecule has 3 aromatic rings. The molecule has 1 aliphatic rings. The van der Waals surface area contributed by atoms with Crippen LogP contribution < -0.4 is 10.2 Å². The molecule has 8 nitrogen and oxygen atoms in total. The SMILES string of the molecule is CNCc1ccc(-c2nnc(-c3nc(N4CC[C@H](O)C4)cnc3C)o2)cc1. The van der Waals surface area contributed by atoms with Crippen LogP contribution in [0, 0.1) is 6.92 Å². The molecule has 8 heteroatoms. The molecule has 0 saturated carbocycles. The second kappa shape index (κ2) is 7.42. The molecular formula is C19H22N6O2. The van der Waals surface area contributed by atoms with E-state index in [0.717, 1.165) is 30.8 Å². The van der Waals surface area contributed by atoms with Gasteiger partial charge in [-0.15, -0.1) is 10.2 Å². The summed E-state index contributed by atoms with van der Waals surface area (Å²) in [4.78, 5) is 11.1. The first-order valence-electron chi connectivity index (χ1n) is 8.98. The Morgan fingerprint density at radius 2 is 2.00 bits per heavy atom. The summed E-state index contributed by atoms with van der Waals surface area (Å²) in [7, 11) is 1.92. The van der Waals surface area contributed by atoms with Crippen molar-refractivity contribution in [2.75, 3.05) is 25.0 Å². The van der Waals surface area contributed by atoms with Crippen LogP contribution in [0.25, 0.3) is 23.0 Å². The van der Waals surface area contributed by atoms with E-state index in [2.05, 4.69) is 25.5 Å². The molecule has 1 atom stereocenters. The van der Waals surface area contributed by atoms with Gasteiger partial charge in [-0.25, -0.2) is 4.98 Å². The van der Waals surface area contributed by atoms with Crippen molar-refractivity contribution in [1.29, 1.82) is 0 Å². The number of anilines is 1. The Kier molecular flexibility index (Phi) is 4.83. The number of hydrogen-bond acceptors (Lipinski definition) is 8. The molecule has 140 valence electrons. The number of nitrogens with one attached hydrogen (secondary N) is 1. The Labute approximate surface area is 157 Å². The number of hydrogen-bond donors (Lipinski definition) is 2. The summed E-state index contributed by atoms with van der Waals surface area (Å²) in [6.45, 7) is 3.99.